The fourth-order valence-corrected chi connectivity index (χ4v) is 1.67. The number of nitrogens with one attached hydrogen (secondary N) is 1. The molecule has 21 heavy (non-hydrogen) atoms. The summed E-state index contributed by atoms with van der Waals surface area (Å²) in [6.07, 6.45) is 0.302. The molecule has 0 aliphatic rings. The van der Waals surface area contributed by atoms with E-state index < -0.39 is 0 Å². The second-order valence-corrected chi connectivity index (χ2v) is 4.25. The predicted octanol–water partition coefficient (Wildman–Crippen LogP) is 2.79. The maximum absolute atomic E-state index is 10.9. The summed E-state index contributed by atoms with van der Waals surface area (Å²) in [5, 5.41) is 12.3. The fraction of sp³-hybridized carbons (Fsp3) is 0.0667. The van der Waals surface area contributed by atoms with E-state index in [9.17, 15) is 14.8 Å². The van der Waals surface area contributed by atoms with Gasteiger partial charge in [-0.15, -0.1) is 0 Å². The van der Waals surface area contributed by atoms with Gasteiger partial charge in [-0.1, -0.05) is 0 Å². The van der Waals surface area contributed by atoms with Crippen LogP contribution in [0, 0.1) is 0 Å². The predicted molar refractivity (Wildman–Crippen MR) is 77.6 cm³/mol. The van der Waals surface area contributed by atoms with Crippen LogP contribution < -0.4 is 15.1 Å². The van der Waals surface area contributed by atoms with E-state index in [0.717, 1.165) is 0 Å². The first kappa shape index (κ1) is 14.5. The first-order valence-corrected chi connectivity index (χ1v) is 6.17. The van der Waals surface area contributed by atoms with Crippen LogP contribution in [0.3, 0.4) is 0 Å². The third-order valence-electron chi connectivity index (χ3n) is 2.61. The molecule has 0 bridgehead atoms. The van der Waals surface area contributed by atoms with Gasteiger partial charge in [-0.3, -0.25) is 14.8 Å². The van der Waals surface area contributed by atoms with Gasteiger partial charge in [-0.05, 0) is 48.5 Å². The molecule has 6 nitrogen and oxygen atoms in total. The SMILES string of the molecule is CC(=O)Nc1ccc(Oc2ccc(N(O)C=O)cc2)cc1. The van der Waals surface area contributed by atoms with Crippen molar-refractivity contribution in [1.29, 1.82) is 0 Å². The van der Waals surface area contributed by atoms with E-state index in [2.05, 4.69) is 5.32 Å². The van der Waals surface area contributed by atoms with Crippen LogP contribution in [-0.4, -0.2) is 17.5 Å². The molecule has 108 valence electrons. The second-order valence-electron chi connectivity index (χ2n) is 4.25. The highest BCUT2D eigenvalue weighted by Crippen LogP contribution is 2.25. The van der Waals surface area contributed by atoms with Crippen molar-refractivity contribution in [3.63, 3.8) is 0 Å². The Kier molecular flexibility index (Phi) is 4.53. The summed E-state index contributed by atoms with van der Waals surface area (Å²) in [7, 11) is 0. The van der Waals surface area contributed by atoms with Crippen LogP contribution >= 0.6 is 0 Å². The van der Waals surface area contributed by atoms with E-state index in [0.29, 0.717) is 34.3 Å². The third-order valence-corrected chi connectivity index (χ3v) is 2.61. The highest BCUT2D eigenvalue weighted by Gasteiger charge is 2.02. The van der Waals surface area contributed by atoms with Crippen molar-refractivity contribution < 1.29 is 19.5 Å². The van der Waals surface area contributed by atoms with E-state index in [1.807, 2.05) is 0 Å². The van der Waals surface area contributed by atoms with E-state index in [4.69, 9.17) is 4.74 Å². The number of carbonyl (C=O) groups excluding carboxylic acids is 2. The lowest BCUT2D eigenvalue weighted by Crippen LogP contribution is -2.14. The van der Waals surface area contributed by atoms with Crippen LogP contribution in [0.5, 0.6) is 11.5 Å². The molecule has 0 spiro atoms. The Morgan fingerprint density at radius 1 is 1.10 bits per heavy atom. The molecule has 0 aliphatic carbocycles. The zero-order valence-electron chi connectivity index (χ0n) is 11.3. The molecule has 0 fully saturated rings. The summed E-state index contributed by atoms with van der Waals surface area (Å²) < 4.78 is 5.61. The van der Waals surface area contributed by atoms with Crippen LogP contribution in [-0.2, 0) is 9.59 Å². The van der Waals surface area contributed by atoms with Crippen LogP contribution in [0.25, 0.3) is 0 Å². The van der Waals surface area contributed by atoms with Crippen LogP contribution in [0.1, 0.15) is 6.92 Å². The average molecular weight is 286 g/mol. The van der Waals surface area contributed by atoms with E-state index in [-0.39, 0.29) is 5.91 Å². The average Bonchev–Trinajstić information content (AvgIpc) is 2.49. The normalized spacial score (nSPS) is 9.81. The molecular formula is C15H14N2O4. The van der Waals surface area contributed by atoms with Crippen molar-refractivity contribution in [2.24, 2.45) is 0 Å². The monoisotopic (exact) mass is 286 g/mol. The molecule has 0 saturated heterocycles. The molecule has 2 N–H and O–H groups in total. The van der Waals surface area contributed by atoms with Crippen molar-refractivity contribution in [1.82, 2.24) is 0 Å². The molecule has 2 rings (SSSR count). The number of anilines is 2. The van der Waals surface area contributed by atoms with E-state index in [1.54, 1.807) is 48.5 Å². The van der Waals surface area contributed by atoms with Gasteiger partial charge >= 0.3 is 0 Å². The van der Waals surface area contributed by atoms with Gasteiger partial charge in [0.15, 0.2) is 0 Å². The van der Waals surface area contributed by atoms with Gasteiger partial charge in [0.05, 0.1) is 5.69 Å². The Bertz CT molecular complexity index is 623. The molecule has 0 unspecified atom stereocenters. The second kappa shape index (κ2) is 6.53. The first-order valence-electron chi connectivity index (χ1n) is 6.17. The lowest BCUT2D eigenvalue weighted by molar-refractivity contribution is -0.114. The van der Waals surface area contributed by atoms with Gasteiger partial charge in [0.1, 0.15) is 11.5 Å². The molecule has 0 aliphatic heterocycles. The number of hydrogen-bond acceptors (Lipinski definition) is 4. The van der Waals surface area contributed by atoms with Gasteiger partial charge in [0.25, 0.3) is 0 Å². The minimum Gasteiger partial charge on any atom is -0.457 e. The number of nitrogens with zero attached hydrogens (tertiary/aromatic N) is 1. The number of hydroxylamine groups is 1. The van der Waals surface area contributed by atoms with Gasteiger partial charge in [0, 0.05) is 12.6 Å². The van der Waals surface area contributed by atoms with Gasteiger partial charge in [-0.2, -0.15) is 5.06 Å². The zero-order chi connectivity index (χ0) is 15.2. The van der Waals surface area contributed by atoms with Gasteiger partial charge in [0.2, 0.25) is 12.3 Å². The summed E-state index contributed by atoms with van der Waals surface area (Å²) >= 11 is 0. The molecular weight excluding hydrogens is 272 g/mol. The highest BCUT2D eigenvalue weighted by molar-refractivity contribution is 5.88. The Labute approximate surface area is 121 Å². The number of rotatable bonds is 5. The van der Waals surface area contributed by atoms with Crippen LogP contribution in [0.15, 0.2) is 48.5 Å². The molecule has 0 aromatic heterocycles. The standard InChI is InChI=1S/C15H14N2O4/c1-11(19)16-12-2-6-14(7-3-12)21-15-8-4-13(5-9-15)17(20)10-18/h2-10,20H,1H3,(H,16,19). The Balaban J connectivity index is 2.04. The molecule has 2 aromatic carbocycles. The topological polar surface area (TPSA) is 78.9 Å². The minimum atomic E-state index is -0.136. The van der Waals surface area contributed by atoms with Gasteiger partial charge < -0.3 is 10.1 Å². The molecule has 6 heteroatoms. The smallest absolute Gasteiger partial charge is 0.237 e. The molecule has 2 amide bonds. The maximum Gasteiger partial charge on any atom is 0.237 e. The van der Waals surface area contributed by atoms with Crippen molar-refractivity contribution in [3.8, 4) is 11.5 Å². The number of hydrogen-bond donors (Lipinski definition) is 2. The lowest BCUT2D eigenvalue weighted by Gasteiger charge is -2.10. The quantitative estimate of drug-likeness (QED) is 0.503. The lowest BCUT2D eigenvalue weighted by atomic mass is 10.3. The van der Waals surface area contributed by atoms with Crippen molar-refractivity contribution in [3.05, 3.63) is 48.5 Å². The third kappa shape index (κ3) is 4.05. The number of benzene rings is 2. The number of ether oxygens (including phenoxy) is 1. The largest absolute Gasteiger partial charge is 0.457 e. The Hall–Kier alpha value is -2.86. The fourth-order valence-electron chi connectivity index (χ4n) is 1.67. The summed E-state index contributed by atoms with van der Waals surface area (Å²) in [5.41, 5.74) is 1.03. The zero-order valence-corrected chi connectivity index (χ0v) is 11.3. The molecule has 0 radical (unpaired) electrons. The molecule has 0 atom stereocenters. The highest BCUT2D eigenvalue weighted by atomic mass is 16.5. The Morgan fingerprint density at radius 2 is 1.62 bits per heavy atom. The molecule has 0 saturated carbocycles. The van der Waals surface area contributed by atoms with Crippen molar-refractivity contribution in [2.75, 3.05) is 10.4 Å². The number of carbonyl (C=O) groups is 2. The van der Waals surface area contributed by atoms with Crippen LogP contribution in [0.4, 0.5) is 11.4 Å². The summed E-state index contributed by atoms with van der Waals surface area (Å²) in [6, 6.07) is 13.3. The minimum absolute atomic E-state index is 0.136. The summed E-state index contributed by atoms with van der Waals surface area (Å²) in [4.78, 5) is 21.3. The summed E-state index contributed by atoms with van der Waals surface area (Å²) in [5.74, 6) is 1.03. The maximum atomic E-state index is 10.9. The number of amides is 2. The Morgan fingerprint density at radius 3 is 2.10 bits per heavy atom. The van der Waals surface area contributed by atoms with E-state index >= 15 is 0 Å². The van der Waals surface area contributed by atoms with Crippen molar-refractivity contribution in [2.45, 2.75) is 6.92 Å². The first-order chi connectivity index (χ1) is 10.1. The van der Waals surface area contributed by atoms with Crippen molar-refractivity contribution >= 4 is 23.7 Å². The van der Waals surface area contributed by atoms with Crippen LogP contribution in [0.2, 0.25) is 0 Å². The molecule has 2 aromatic rings. The summed E-state index contributed by atoms with van der Waals surface area (Å²) in [6.45, 7) is 1.44. The van der Waals surface area contributed by atoms with Gasteiger partial charge in [-0.25, -0.2) is 0 Å². The van der Waals surface area contributed by atoms with E-state index in [1.165, 1.54) is 6.92 Å². The molecule has 0 heterocycles.